The monoisotopic (exact) mass is 289 g/mol. The van der Waals surface area contributed by atoms with E-state index in [1.807, 2.05) is 6.07 Å². The second kappa shape index (κ2) is 6.74. The highest BCUT2D eigenvalue weighted by molar-refractivity contribution is 5.80. The maximum atomic E-state index is 12.0. The smallest absolute Gasteiger partial charge is 0.308 e. The molecule has 0 bridgehead atoms. The van der Waals surface area contributed by atoms with Gasteiger partial charge < -0.3 is 10.4 Å². The van der Waals surface area contributed by atoms with Gasteiger partial charge in [-0.15, -0.1) is 0 Å². The zero-order valence-electron chi connectivity index (χ0n) is 12.7. The third-order valence-electron chi connectivity index (χ3n) is 4.31. The fourth-order valence-corrected chi connectivity index (χ4v) is 2.73. The molecule has 2 unspecified atom stereocenters. The van der Waals surface area contributed by atoms with Gasteiger partial charge in [0, 0.05) is 6.04 Å². The molecule has 0 fully saturated rings. The van der Waals surface area contributed by atoms with Gasteiger partial charge in [-0.2, -0.15) is 0 Å². The Bertz CT molecular complexity index is 539. The number of hydrogen-bond donors (Lipinski definition) is 2. The van der Waals surface area contributed by atoms with Crippen molar-refractivity contribution in [2.24, 2.45) is 5.92 Å². The normalized spacial score (nSPS) is 16.7. The summed E-state index contributed by atoms with van der Waals surface area (Å²) in [6, 6.07) is 5.89. The van der Waals surface area contributed by atoms with E-state index in [1.165, 1.54) is 24.0 Å². The summed E-state index contributed by atoms with van der Waals surface area (Å²) in [5.41, 5.74) is 3.76. The number of nitrogens with one attached hydrogen (secondary N) is 1. The van der Waals surface area contributed by atoms with Crippen LogP contribution in [-0.4, -0.2) is 23.0 Å². The molecule has 114 valence electrons. The number of aliphatic carboxylic acids is 1. The van der Waals surface area contributed by atoms with E-state index in [2.05, 4.69) is 17.4 Å². The van der Waals surface area contributed by atoms with Crippen molar-refractivity contribution in [3.63, 3.8) is 0 Å². The topological polar surface area (TPSA) is 66.4 Å². The SMILES string of the molecule is CC(NC(=O)Cc1ccc2c(c1)CCCC2)C(C)C(=O)O. The van der Waals surface area contributed by atoms with Crippen molar-refractivity contribution in [1.82, 2.24) is 5.32 Å². The first-order valence-electron chi connectivity index (χ1n) is 7.60. The van der Waals surface area contributed by atoms with Crippen LogP contribution in [0.5, 0.6) is 0 Å². The largest absolute Gasteiger partial charge is 0.481 e. The van der Waals surface area contributed by atoms with Crippen molar-refractivity contribution in [3.05, 3.63) is 34.9 Å². The molecule has 2 atom stereocenters. The Balaban J connectivity index is 1.95. The van der Waals surface area contributed by atoms with Gasteiger partial charge in [-0.05, 0) is 56.2 Å². The number of hydrogen-bond acceptors (Lipinski definition) is 2. The molecule has 4 nitrogen and oxygen atoms in total. The standard InChI is InChI=1S/C17H23NO3/c1-11(17(20)21)12(2)18-16(19)10-13-7-8-14-5-3-4-6-15(14)9-13/h7-9,11-12H,3-6,10H2,1-2H3,(H,18,19)(H,20,21). The van der Waals surface area contributed by atoms with Crippen molar-refractivity contribution >= 4 is 11.9 Å². The molecular formula is C17H23NO3. The second-order valence-electron chi connectivity index (χ2n) is 5.97. The third kappa shape index (κ3) is 4.06. The molecule has 0 heterocycles. The van der Waals surface area contributed by atoms with E-state index in [9.17, 15) is 9.59 Å². The summed E-state index contributed by atoms with van der Waals surface area (Å²) in [6.45, 7) is 3.33. The Kier molecular flexibility index (Phi) is 4.99. The van der Waals surface area contributed by atoms with Crippen molar-refractivity contribution < 1.29 is 14.7 Å². The molecular weight excluding hydrogens is 266 g/mol. The molecule has 0 aliphatic heterocycles. The summed E-state index contributed by atoms with van der Waals surface area (Å²) in [7, 11) is 0. The number of benzene rings is 1. The highest BCUT2D eigenvalue weighted by atomic mass is 16.4. The summed E-state index contributed by atoms with van der Waals surface area (Å²) in [4.78, 5) is 22.9. The molecule has 0 saturated heterocycles. The Morgan fingerprint density at radius 3 is 2.52 bits per heavy atom. The van der Waals surface area contributed by atoms with Gasteiger partial charge in [0.05, 0.1) is 12.3 Å². The van der Waals surface area contributed by atoms with Crippen LogP contribution in [0.4, 0.5) is 0 Å². The average Bonchev–Trinajstić information content (AvgIpc) is 2.45. The lowest BCUT2D eigenvalue weighted by molar-refractivity contribution is -0.142. The van der Waals surface area contributed by atoms with Crippen LogP contribution >= 0.6 is 0 Å². The first kappa shape index (κ1) is 15.5. The Morgan fingerprint density at radius 2 is 1.86 bits per heavy atom. The van der Waals surface area contributed by atoms with E-state index < -0.39 is 11.9 Å². The van der Waals surface area contributed by atoms with Crippen molar-refractivity contribution in [2.45, 2.75) is 52.0 Å². The van der Waals surface area contributed by atoms with Crippen LogP contribution < -0.4 is 5.32 Å². The molecule has 1 aliphatic rings. The summed E-state index contributed by atoms with van der Waals surface area (Å²) in [5, 5.41) is 11.7. The van der Waals surface area contributed by atoms with Gasteiger partial charge in [-0.1, -0.05) is 18.2 Å². The van der Waals surface area contributed by atoms with Gasteiger partial charge in [-0.3, -0.25) is 9.59 Å². The van der Waals surface area contributed by atoms with Gasteiger partial charge in [0.25, 0.3) is 0 Å². The van der Waals surface area contributed by atoms with E-state index >= 15 is 0 Å². The highest BCUT2D eigenvalue weighted by Crippen LogP contribution is 2.22. The fourth-order valence-electron chi connectivity index (χ4n) is 2.73. The predicted octanol–water partition coefficient (Wildman–Crippen LogP) is 2.33. The molecule has 1 amide bonds. The summed E-state index contributed by atoms with van der Waals surface area (Å²) in [5.74, 6) is -1.60. The number of carboxylic acids is 1. The molecule has 0 spiro atoms. The van der Waals surface area contributed by atoms with Gasteiger partial charge in [0.2, 0.25) is 5.91 Å². The first-order valence-corrected chi connectivity index (χ1v) is 7.60. The maximum absolute atomic E-state index is 12.0. The molecule has 2 rings (SSSR count). The average molecular weight is 289 g/mol. The molecule has 21 heavy (non-hydrogen) atoms. The lowest BCUT2D eigenvalue weighted by Crippen LogP contribution is -2.40. The zero-order valence-corrected chi connectivity index (χ0v) is 12.7. The number of carboxylic acid groups (broad SMARTS) is 1. The minimum atomic E-state index is -0.892. The number of fused-ring (bicyclic) bond motifs is 1. The second-order valence-corrected chi connectivity index (χ2v) is 5.97. The van der Waals surface area contributed by atoms with Crippen LogP contribution in [0.3, 0.4) is 0 Å². The molecule has 1 aliphatic carbocycles. The van der Waals surface area contributed by atoms with Gasteiger partial charge in [-0.25, -0.2) is 0 Å². The van der Waals surface area contributed by atoms with Gasteiger partial charge in [0.15, 0.2) is 0 Å². The number of aryl methyl sites for hydroxylation is 2. The number of amides is 1. The quantitative estimate of drug-likeness (QED) is 0.874. The minimum Gasteiger partial charge on any atom is -0.481 e. The molecule has 0 saturated carbocycles. The molecule has 1 aromatic carbocycles. The number of carbonyl (C=O) groups is 2. The molecule has 0 radical (unpaired) electrons. The van der Waals surface area contributed by atoms with E-state index in [0.717, 1.165) is 18.4 Å². The minimum absolute atomic E-state index is 0.119. The summed E-state index contributed by atoms with van der Waals surface area (Å²) < 4.78 is 0. The van der Waals surface area contributed by atoms with Crippen LogP contribution in [0.2, 0.25) is 0 Å². The van der Waals surface area contributed by atoms with Crippen molar-refractivity contribution in [2.75, 3.05) is 0 Å². The van der Waals surface area contributed by atoms with Crippen LogP contribution in [0.15, 0.2) is 18.2 Å². The van der Waals surface area contributed by atoms with Crippen molar-refractivity contribution in [1.29, 1.82) is 0 Å². The maximum Gasteiger partial charge on any atom is 0.308 e. The lowest BCUT2D eigenvalue weighted by Gasteiger charge is -2.19. The summed E-state index contributed by atoms with van der Waals surface area (Å²) in [6.07, 6.45) is 5.00. The van der Waals surface area contributed by atoms with Crippen LogP contribution in [0, 0.1) is 5.92 Å². The number of rotatable bonds is 5. The van der Waals surface area contributed by atoms with Gasteiger partial charge >= 0.3 is 5.97 Å². The number of carbonyl (C=O) groups excluding carboxylic acids is 1. The molecule has 1 aromatic rings. The third-order valence-corrected chi connectivity index (χ3v) is 4.31. The predicted molar refractivity (Wildman–Crippen MR) is 81.2 cm³/mol. The van der Waals surface area contributed by atoms with E-state index in [-0.39, 0.29) is 11.9 Å². The Labute approximate surface area is 125 Å². The lowest BCUT2D eigenvalue weighted by atomic mass is 9.90. The summed E-state index contributed by atoms with van der Waals surface area (Å²) >= 11 is 0. The van der Waals surface area contributed by atoms with E-state index in [4.69, 9.17) is 5.11 Å². The van der Waals surface area contributed by atoms with Crippen LogP contribution in [0.25, 0.3) is 0 Å². The van der Waals surface area contributed by atoms with Gasteiger partial charge in [0.1, 0.15) is 0 Å². The van der Waals surface area contributed by atoms with Crippen LogP contribution in [0.1, 0.15) is 43.4 Å². The first-order chi connectivity index (χ1) is 9.97. The van der Waals surface area contributed by atoms with E-state index in [0.29, 0.717) is 6.42 Å². The molecule has 2 N–H and O–H groups in total. The van der Waals surface area contributed by atoms with Crippen molar-refractivity contribution in [3.8, 4) is 0 Å². The Hall–Kier alpha value is -1.84. The van der Waals surface area contributed by atoms with E-state index in [1.54, 1.807) is 13.8 Å². The molecule has 4 heteroatoms. The molecule has 0 aromatic heterocycles. The Morgan fingerprint density at radius 1 is 1.19 bits per heavy atom. The highest BCUT2D eigenvalue weighted by Gasteiger charge is 2.21. The fraction of sp³-hybridized carbons (Fsp3) is 0.529. The zero-order chi connectivity index (χ0) is 15.4. The van der Waals surface area contributed by atoms with Crippen LogP contribution in [-0.2, 0) is 28.9 Å².